The minimum absolute atomic E-state index is 0.0601. The van der Waals surface area contributed by atoms with E-state index in [0.29, 0.717) is 11.7 Å². The van der Waals surface area contributed by atoms with Crippen LogP contribution in [0.1, 0.15) is 29.0 Å². The normalized spacial score (nSPS) is 11.7. The summed E-state index contributed by atoms with van der Waals surface area (Å²) in [7, 11) is 1.31. The number of nitrogens with one attached hydrogen (secondary N) is 1. The number of methoxy groups -OCH3 is 1. The van der Waals surface area contributed by atoms with Gasteiger partial charge < -0.3 is 10.1 Å². The lowest BCUT2D eigenvalue weighted by molar-refractivity contribution is 0.0587. The third-order valence-electron chi connectivity index (χ3n) is 2.98. The van der Waals surface area contributed by atoms with Gasteiger partial charge in [0.05, 0.1) is 7.11 Å². The average Bonchev–Trinajstić information content (AvgIpc) is 2.53. The Morgan fingerprint density at radius 3 is 2.75 bits per heavy atom. The Morgan fingerprint density at radius 2 is 2.05 bits per heavy atom. The van der Waals surface area contributed by atoms with E-state index in [0.717, 1.165) is 6.54 Å². The summed E-state index contributed by atoms with van der Waals surface area (Å²) in [4.78, 5) is 19.3. The van der Waals surface area contributed by atoms with Crippen molar-refractivity contribution < 1.29 is 9.53 Å². The lowest BCUT2D eigenvalue weighted by Gasteiger charge is -2.13. The number of carbonyl (C=O) groups excluding carboxylic acids is 1. The fourth-order valence-corrected chi connectivity index (χ4v) is 1.80. The molecule has 0 fully saturated rings. The van der Waals surface area contributed by atoms with Crippen LogP contribution in [0, 0.1) is 0 Å². The number of hydrogen-bond acceptors (Lipinski definition) is 5. The van der Waals surface area contributed by atoms with E-state index in [1.165, 1.54) is 18.9 Å². The van der Waals surface area contributed by atoms with E-state index in [9.17, 15) is 4.79 Å². The van der Waals surface area contributed by atoms with Gasteiger partial charge in [-0.1, -0.05) is 37.3 Å². The zero-order valence-electron chi connectivity index (χ0n) is 11.5. The van der Waals surface area contributed by atoms with Gasteiger partial charge in [-0.05, 0) is 17.5 Å². The zero-order valence-corrected chi connectivity index (χ0v) is 11.5. The molecule has 0 aliphatic rings. The van der Waals surface area contributed by atoms with Crippen molar-refractivity contribution in [2.45, 2.75) is 12.8 Å². The molecule has 5 heteroatoms. The Labute approximate surface area is 118 Å². The SMILES string of the molecule is COC(=O)c1nccc(NCC(C)c2ccccc2)n1. The Morgan fingerprint density at radius 1 is 1.30 bits per heavy atom. The fraction of sp³-hybridized carbons (Fsp3) is 0.267. The molecular formula is C15H17N3O2. The highest BCUT2D eigenvalue weighted by Gasteiger charge is 2.10. The molecule has 0 saturated heterocycles. The molecule has 0 saturated carbocycles. The van der Waals surface area contributed by atoms with Gasteiger partial charge in [0.2, 0.25) is 5.82 Å². The van der Waals surface area contributed by atoms with E-state index in [4.69, 9.17) is 0 Å². The number of hydrogen-bond donors (Lipinski definition) is 1. The summed E-state index contributed by atoms with van der Waals surface area (Å²) >= 11 is 0. The molecule has 1 heterocycles. The van der Waals surface area contributed by atoms with Crippen LogP contribution in [0.4, 0.5) is 5.82 Å². The van der Waals surface area contributed by atoms with Crippen LogP contribution in [-0.2, 0) is 4.74 Å². The summed E-state index contributed by atoms with van der Waals surface area (Å²) in [5.41, 5.74) is 1.25. The molecule has 1 N–H and O–H groups in total. The lowest BCUT2D eigenvalue weighted by atomic mass is 10.0. The maximum absolute atomic E-state index is 11.4. The Hall–Kier alpha value is -2.43. The first-order valence-electron chi connectivity index (χ1n) is 6.41. The van der Waals surface area contributed by atoms with Gasteiger partial charge in [-0.25, -0.2) is 14.8 Å². The van der Waals surface area contributed by atoms with Crippen molar-refractivity contribution in [2.24, 2.45) is 0 Å². The van der Waals surface area contributed by atoms with Crippen LogP contribution in [0.25, 0.3) is 0 Å². The molecule has 0 bridgehead atoms. The smallest absolute Gasteiger partial charge is 0.376 e. The van der Waals surface area contributed by atoms with Crippen LogP contribution >= 0.6 is 0 Å². The number of ether oxygens (including phenoxy) is 1. The standard InChI is InChI=1S/C15H17N3O2/c1-11(12-6-4-3-5-7-12)10-17-13-8-9-16-14(18-13)15(19)20-2/h3-9,11H,10H2,1-2H3,(H,16,17,18). The quantitative estimate of drug-likeness (QED) is 0.846. The highest BCUT2D eigenvalue weighted by Crippen LogP contribution is 2.15. The minimum Gasteiger partial charge on any atom is -0.463 e. The maximum atomic E-state index is 11.4. The maximum Gasteiger partial charge on any atom is 0.376 e. The molecule has 20 heavy (non-hydrogen) atoms. The van der Waals surface area contributed by atoms with Crippen LogP contribution in [0.5, 0.6) is 0 Å². The van der Waals surface area contributed by atoms with Gasteiger partial charge in [0, 0.05) is 12.7 Å². The number of esters is 1. The number of carbonyl (C=O) groups is 1. The van der Waals surface area contributed by atoms with Gasteiger partial charge in [0.1, 0.15) is 5.82 Å². The first kappa shape index (κ1) is 14.0. The second kappa shape index (κ2) is 6.65. The number of benzene rings is 1. The van der Waals surface area contributed by atoms with Crippen molar-refractivity contribution in [3.05, 3.63) is 54.0 Å². The van der Waals surface area contributed by atoms with Crippen molar-refractivity contribution in [2.75, 3.05) is 19.0 Å². The van der Waals surface area contributed by atoms with Gasteiger partial charge in [0.25, 0.3) is 0 Å². The summed E-state index contributed by atoms with van der Waals surface area (Å²) in [6.45, 7) is 2.85. The molecule has 0 aliphatic carbocycles. The fourth-order valence-electron chi connectivity index (χ4n) is 1.80. The highest BCUT2D eigenvalue weighted by atomic mass is 16.5. The minimum atomic E-state index is -0.537. The van der Waals surface area contributed by atoms with Crippen molar-refractivity contribution >= 4 is 11.8 Å². The highest BCUT2D eigenvalue weighted by molar-refractivity contribution is 5.85. The first-order valence-corrected chi connectivity index (χ1v) is 6.41. The second-order valence-electron chi connectivity index (χ2n) is 4.45. The van der Waals surface area contributed by atoms with E-state index in [2.05, 4.69) is 39.1 Å². The third kappa shape index (κ3) is 3.54. The number of nitrogens with zero attached hydrogens (tertiary/aromatic N) is 2. The first-order chi connectivity index (χ1) is 9.70. The molecule has 104 valence electrons. The zero-order chi connectivity index (χ0) is 14.4. The van der Waals surface area contributed by atoms with E-state index in [-0.39, 0.29) is 5.82 Å². The van der Waals surface area contributed by atoms with Gasteiger partial charge in [-0.15, -0.1) is 0 Å². The lowest BCUT2D eigenvalue weighted by Crippen LogP contribution is -2.13. The Balaban J connectivity index is 1.99. The van der Waals surface area contributed by atoms with Gasteiger partial charge in [0.15, 0.2) is 0 Å². The Bertz CT molecular complexity index is 572. The van der Waals surface area contributed by atoms with Crippen LogP contribution in [0.3, 0.4) is 0 Å². The van der Waals surface area contributed by atoms with Crippen LogP contribution in [0.15, 0.2) is 42.6 Å². The number of anilines is 1. The molecule has 0 radical (unpaired) electrons. The largest absolute Gasteiger partial charge is 0.463 e. The third-order valence-corrected chi connectivity index (χ3v) is 2.98. The van der Waals surface area contributed by atoms with E-state index >= 15 is 0 Å². The molecule has 0 spiro atoms. The van der Waals surface area contributed by atoms with Crippen molar-refractivity contribution in [1.82, 2.24) is 9.97 Å². The van der Waals surface area contributed by atoms with Crippen LogP contribution < -0.4 is 5.32 Å². The van der Waals surface area contributed by atoms with Gasteiger partial charge in [-0.2, -0.15) is 0 Å². The summed E-state index contributed by atoms with van der Waals surface area (Å²) in [6.07, 6.45) is 1.54. The second-order valence-corrected chi connectivity index (χ2v) is 4.45. The molecule has 2 rings (SSSR count). The topological polar surface area (TPSA) is 64.1 Å². The Kier molecular flexibility index (Phi) is 4.65. The molecule has 2 aromatic rings. The molecule has 0 aliphatic heterocycles. The average molecular weight is 271 g/mol. The van der Waals surface area contributed by atoms with Gasteiger partial charge in [-0.3, -0.25) is 0 Å². The summed E-state index contributed by atoms with van der Waals surface area (Å²) in [5, 5.41) is 3.20. The van der Waals surface area contributed by atoms with E-state index in [1.54, 1.807) is 6.07 Å². The predicted molar refractivity (Wildman–Crippen MR) is 76.7 cm³/mol. The predicted octanol–water partition coefficient (Wildman–Crippen LogP) is 2.48. The van der Waals surface area contributed by atoms with Crippen molar-refractivity contribution in [1.29, 1.82) is 0 Å². The molecule has 5 nitrogen and oxygen atoms in total. The van der Waals surface area contributed by atoms with E-state index < -0.39 is 5.97 Å². The number of rotatable bonds is 5. The van der Waals surface area contributed by atoms with Crippen LogP contribution in [0.2, 0.25) is 0 Å². The van der Waals surface area contributed by atoms with Crippen LogP contribution in [-0.4, -0.2) is 29.6 Å². The van der Waals surface area contributed by atoms with E-state index in [1.807, 2.05) is 18.2 Å². The monoisotopic (exact) mass is 271 g/mol. The molecule has 1 atom stereocenters. The summed E-state index contributed by atoms with van der Waals surface area (Å²) in [6, 6.07) is 11.9. The summed E-state index contributed by atoms with van der Waals surface area (Å²) < 4.78 is 4.59. The van der Waals surface area contributed by atoms with Crippen molar-refractivity contribution in [3.8, 4) is 0 Å². The molecule has 1 aromatic heterocycles. The van der Waals surface area contributed by atoms with Gasteiger partial charge >= 0.3 is 5.97 Å². The molecular weight excluding hydrogens is 254 g/mol. The molecule has 0 amide bonds. The number of aromatic nitrogens is 2. The summed E-state index contributed by atoms with van der Waals surface area (Å²) in [5.74, 6) is 0.477. The molecule has 1 aromatic carbocycles. The molecule has 1 unspecified atom stereocenters. The van der Waals surface area contributed by atoms with Crippen molar-refractivity contribution in [3.63, 3.8) is 0 Å².